The Morgan fingerprint density at radius 3 is 2.27 bits per heavy atom. The molecule has 0 aromatic rings. The van der Waals surface area contributed by atoms with Gasteiger partial charge in [0.2, 0.25) is 0 Å². The first kappa shape index (κ1) is 14.6. The highest BCUT2D eigenvalue weighted by atomic mass is 32.2. The molecule has 0 heterocycles. The molecule has 3 nitrogen and oxygen atoms in total. The minimum atomic E-state index is -1.19. The first-order valence-electron chi connectivity index (χ1n) is 5.73. The first-order chi connectivity index (χ1) is 7.13. The third-order valence-corrected chi connectivity index (χ3v) is 4.12. The number of carboxylic acid groups (broad SMARTS) is 1. The van der Waals surface area contributed by atoms with Crippen molar-refractivity contribution in [3.05, 3.63) is 0 Å². The summed E-state index contributed by atoms with van der Waals surface area (Å²) in [4.78, 5) is 10.9. The molecule has 0 aliphatic carbocycles. The van der Waals surface area contributed by atoms with E-state index >= 15 is 0 Å². The predicted octanol–water partition coefficient (Wildman–Crippen LogP) is 2.57. The van der Waals surface area contributed by atoms with E-state index in [0.29, 0.717) is 12.2 Å². The van der Waals surface area contributed by atoms with Crippen LogP contribution in [-0.2, 0) is 15.6 Å². The van der Waals surface area contributed by atoms with Crippen LogP contribution in [-0.4, -0.2) is 26.3 Å². The van der Waals surface area contributed by atoms with E-state index in [1.807, 2.05) is 6.92 Å². The van der Waals surface area contributed by atoms with Gasteiger partial charge >= 0.3 is 5.97 Å². The van der Waals surface area contributed by atoms with Gasteiger partial charge in [0.05, 0.1) is 0 Å². The van der Waals surface area contributed by atoms with Gasteiger partial charge in [-0.05, 0) is 12.8 Å². The standard InChI is InChI=1S/C11H22O3S/c1-3-5-7-9-15(14)10(11(12)13)8-6-4-2/h10H,3-9H2,1-2H3,(H,12,13). The summed E-state index contributed by atoms with van der Waals surface area (Å²) < 4.78 is 11.7. The average molecular weight is 234 g/mol. The van der Waals surface area contributed by atoms with Crippen LogP contribution in [0.3, 0.4) is 0 Å². The van der Waals surface area contributed by atoms with Gasteiger partial charge in [0.25, 0.3) is 0 Å². The Morgan fingerprint density at radius 2 is 1.80 bits per heavy atom. The van der Waals surface area contributed by atoms with Gasteiger partial charge in [0, 0.05) is 16.6 Å². The molecular formula is C11H22O3S. The Bertz CT molecular complexity index is 204. The molecule has 0 fully saturated rings. The van der Waals surface area contributed by atoms with Gasteiger partial charge in [-0.2, -0.15) is 0 Å². The van der Waals surface area contributed by atoms with Gasteiger partial charge in [-0.15, -0.1) is 0 Å². The molecule has 0 saturated carbocycles. The van der Waals surface area contributed by atoms with Crippen molar-refractivity contribution < 1.29 is 14.1 Å². The van der Waals surface area contributed by atoms with Crippen molar-refractivity contribution in [2.75, 3.05) is 5.75 Å². The number of carboxylic acids is 1. The zero-order valence-electron chi connectivity index (χ0n) is 9.70. The number of aliphatic carboxylic acids is 1. The third kappa shape index (κ3) is 6.66. The SMILES string of the molecule is CCCCCS(=O)C(CCCC)C(=O)O. The molecule has 0 radical (unpaired) electrons. The lowest BCUT2D eigenvalue weighted by molar-refractivity contribution is -0.136. The zero-order valence-corrected chi connectivity index (χ0v) is 10.5. The maximum Gasteiger partial charge on any atom is 0.319 e. The maximum absolute atomic E-state index is 11.7. The molecule has 0 aromatic carbocycles. The summed E-state index contributed by atoms with van der Waals surface area (Å²) in [5.41, 5.74) is 0. The number of unbranched alkanes of at least 4 members (excludes halogenated alkanes) is 3. The van der Waals surface area contributed by atoms with E-state index in [1.54, 1.807) is 0 Å². The molecule has 0 aliphatic rings. The third-order valence-electron chi connectivity index (χ3n) is 2.36. The summed E-state index contributed by atoms with van der Waals surface area (Å²) in [7, 11) is -1.19. The molecule has 2 atom stereocenters. The summed E-state index contributed by atoms with van der Waals surface area (Å²) in [6, 6.07) is 0. The van der Waals surface area contributed by atoms with E-state index in [9.17, 15) is 9.00 Å². The summed E-state index contributed by atoms with van der Waals surface area (Å²) in [5.74, 6) is -0.368. The van der Waals surface area contributed by atoms with Gasteiger partial charge in [-0.3, -0.25) is 9.00 Å². The summed E-state index contributed by atoms with van der Waals surface area (Å²) in [6.45, 7) is 4.09. The van der Waals surface area contributed by atoms with Crippen LogP contribution in [0, 0.1) is 0 Å². The molecule has 0 bridgehead atoms. The lowest BCUT2D eigenvalue weighted by Crippen LogP contribution is -2.27. The van der Waals surface area contributed by atoms with Crippen LogP contribution in [0.1, 0.15) is 52.4 Å². The summed E-state index contributed by atoms with van der Waals surface area (Å²) >= 11 is 0. The molecule has 0 spiro atoms. The normalized spacial score (nSPS) is 14.8. The molecule has 0 saturated heterocycles. The van der Waals surface area contributed by atoms with Crippen LogP contribution in [0.4, 0.5) is 0 Å². The molecule has 0 aliphatic heterocycles. The van der Waals surface area contributed by atoms with E-state index in [0.717, 1.165) is 32.1 Å². The van der Waals surface area contributed by atoms with Gasteiger partial charge in [0.1, 0.15) is 5.25 Å². The second-order valence-corrected chi connectivity index (χ2v) is 5.50. The highest BCUT2D eigenvalue weighted by molar-refractivity contribution is 7.86. The average Bonchev–Trinajstić information content (AvgIpc) is 2.18. The number of carbonyl (C=O) groups is 1. The smallest absolute Gasteiger partial charge is 0.319 e. The molecule has 1 N–H and O–H groups in total. The number of hydrogen-bond donors (Lipinski definition) is 1. The van der Waals surface area contributed by atoms with Crippen LogP contribution >= 0.6 is 0 Å². The van der Waals surface area contributed by atoms with E-state index < -0.39 is 22.0 Å². The number of rotatable bonds is 9. The topological polar surface area (TPSA) is 54.4 Å². The Morgan fingerprint density at radius 1 is 1.20 bits per heavy atom. The van der Waals surface area contributed by atoms with Crippen LogP contribution in [0.2, 0.25) is 0 Å². The fraction of sp³-hybridized carbons (Fsp3) is 0.909. The molecule has 90 valence electrons. The molecule has 0 aromatic heterocycles. The molecule has 15 heavy (non-hydrogen) atoms. The van der Waals surface area contributed by atoms with Crippen molar-refractivity contribution in [3.8, 4) is 0 Å². The van der Waals surface area contributed by atoms with E-state index in [4.69, 9.17) is 5.11 Å². The summed E-state index contributed by atoms with van der Waals surface area (Å²) in [5, 5.41) is 8.28. The lowest BCUT2D eigenvalue weighted by atomic mass is 10.2. The largest absolute Gasteiger partial charge is 0.480 e. The minimum absolute atomic E-state index is 0.536. The molecule has 0 amide bonds. The second-order valence-electron chi connectivity index (χ2n) is 3.76. The van der Waals surface area contributed by atoms with Gasteiger partial charge in [-0.25, -0.2) is 0 Å². The van der Waals surface area contributed by atoms with Crippen molar-refractivity contribution in [2.45, 2.75) is 57.6 Å². The Balaban J connectivity index is 3.99. The van der Waals surface area contributed by atoms with Crippen molar-refractivity contribution in [3.63, 3.8) is 0 Å². The van der Waals surface area contributed by atoms with Crippen LogP contribution < -0.4 is 0 Å². The van der Waals surface area contributed by atoms with Crippen molar-refractivity contribution in [1.29, 1.82) is 0 Å². The Kier molecular flexibility index (Phi) is 8.67. The van der Waals surface area contributed by atoms with Crippen molar-refractivity contribution in [2.24, 2.45) is 0 Å². The fourth-order valence-electron chi connectivity index (χ4n) is 1.39. The fourth-order valence-corrected chi connectivity index (χ4v) is 2.82. The minimum Gasteiger partial charge on any atom is -0.480 e. The van der Waals surface area contributed by atoms with Crippen LogP contribution in [0.15, 0.2) is 0 Å². The predicted molar refractivity (Wildman–Crippen MR) is 63.5 cm³/mol. The van der Waals surface area contributed by atoms with E-state index in [1.165, 1.54) is 0 Å². The first-order valence-corrected chi connectivity index (χ1v) is 7.11. The Hall–Kier alpha value is -0.380. The van der Waals surface area contributed by atoms with Gasteiger partial charge in [-0.1, -0.05) is 39.5 Å². The van der Waals surface area contributed by atoms with Gasteiger partial charge < -0.3 is 5.11 Å². The Labute approximate surface area is 94.7 Å². The highest BCUT2D eigenvalue weighted by Gasteiger charge is 2.23. The highest BCUT2D eigenvalue weighted by Crippen LogP contribution is 2.10. The van der Waals surface area contributed by atoms with Crippen molar-refractivity contribution in [1.82, 2.24) is 0 Å². The lowest BCUT2D eigenvalue weighted by Gasteiger charge is -2.11. The van der Waals surface area contributed by atoms with E-state index in [2.05, 4.69) is 6.92 Å². The number of hydrogen-bond acceptors (Lipinski definition) is 2. The van der Waals surface area contributed by atoms with Crippen LogP contribution in [0.5, 0.6) is 0 Å². The monoisotopic (exact) mass is 234 g/mol. The molecule has 4 heteroatoms. The van der Waals surface area contributed by atoms with Crippen molar-refractivity contribution >= 4 is 16.8 Å². The molecule has 2 unspecified atom stereocenters. The summed E-state index contributed by atoms with van der Waals surface area (Å²) in [6.07, 6.45) is 5.33. The molecule has 0 rings (SSSR count). The maximum atomic E-state index is 11.7. The van der Waals surface area contributed by atoms with Crippen LogP contribution in [0.25, 0.3) is 0 Å². The zero-order chi connectivity index (χ0) is 11.7. The quantitative estimate of drug-likeness (QED) is 0.624. The van der Waals surface area contributed by atoms with E-state index in [-0.39, 0.29) is 0 Å². The molecular weight excluding hydrogens is 212 g/mol. The second kappa shape index (κ2) is 8.89. The van der Waals surface area contributed by atoms with Gasteiger partial charge in [0.15, 0.2) is 0 Å².